The molecule has 5 nitrogen and oxygen atoms in total. The first-order chi connectivity index (χ1) is 7.11. The lowest BCUT2D eigenvalue weighted by Crippen LogP contribution is -2.47. The van der Waals surface area contributed by atoms with Crippen LogP contribution in [0.5, 0.6) is 0 Å². The fourth-order valence-electron chi connectivity index (χ4n) is 1.03. The van der Waals surface area contributed by atoms with Gasteiger partial charge in [-0.1, -0.05) is 19.8 Å². The second-order valence-corrected chi connectivity index (χ2v) is 3.46. The third-order valence-electron chi connectivity index (χ3n) is 1.85. The Balaban J connectivity index is 3.78. The monoisotopic (exact) mass is 236 g/mol. The Morgan fingerprint density at radius 3 is 2.53 bits per heavy atom. The molecule has 1 atom stereocenters. The van der Waals surface area contributed by atoms with Crippen LogP contribution in [0, 0.1) is 0 Å². The van der Waals surface area contributed by atoms with Crippen molar-refractivity contribution in [1.82, 2.24) is 10.6 Å². The van der Waals surface area contributed by atoms with E-state index in [9.17, 15) is 9.59 Å². The molecular formula is C9H17ClN2O3. The summed E-state index contributed by atoms with van der Waals surface area (Å²) in [5.41, 5.74) is 0. The second kappa shape index (κ2) is 8.35. The van der Waals surface area contributed by atoms with E-state index in [4.69, 9.17) is 16.7 Å². The molecule has 0 aromatic rings. The van der Waals surface area contributed by atoms with Crippen molar-refractivity contribution in [2.75, 3.05) is 12.4 Å². The zero-order chi connectivity index (χ0) is 11.7. The Morgan fingerprint density at radius 2 is 2.07 bits per heavy atom. The number of hydrogen-bond donors (Lipinski definition) is 3. The highest BCUT2D eigenvalue weighted by molar-refractivity contribution is 6.20. The lowest BCUT2D eigenvalue weighted by atomic mass is 10.2. The minimum atomic E-state index is -1.25. The zero-order valence-corrected chi connectivity index (χ0v) is 9.51. The van der Waals surface area contributed by atoms with Crippen molar-refractivity contribution >= 4 is 23.6 Å². The number of unbranched alkanes of at least 4 members (excludes halogenated alkanes) is 2. The summed E-state index contributed by atoms with van der Waals surface area (Å²) in [6, 6.07) is -0.870. The van der Waals surface area contributed by atoms with Crippen LogP contribution < -0.4 is 10.6 Å². The van der Waals surface area contributed by atoms with Gasteiger partial charge in [-0.25, -0.2) is 4.79 Å². The molecule has 2 amide bonds. The molecule has 0 aromatic carbocycles. The number of carboxylic acid groups (broad SMARTS) is 1. The Bertz CT molecular complexity index is 212. The van der Waals surface area contributed by atoms with Crippen LogP contribution in [0.1, 0.15) is 26.2 Å². The summed E-state index contributed by atoms with van der Waals surface area (Å²) in [5.74, 6) is -0.435. The molecular weight excluding hydrogens is 220 g/mol. The lowest BCUT2D eigenvalue weighted by molar-refractivity contribution is -0.122. The Morgan fingerprint density at radius 1 is 1.40 bits per heavy atom. The Hall–Kier alpha value is -0.970. The molecule has 0 fully saturated rings. The molecule has 0 heterocycles. The molecule has 0 radical (unpaired) electrons. The fraction of sp³-hybridized carbons (Fsp3) is 0.778. The molecule has 0 saturated heterocycles. The van der Waals surface area contributed by atoms with Gasteiger partial charge in [0.1, 0.15) is 6.04 Å². The van der Waals surface area contributed by atoms with Crippen LogP contribution in [-0.2, 0) is 4.79 Å². The van der Waals surface area contributed by atoms with Crippen molar-refractivity contribution in [3.8, 4) is 0 Å². The van der Waals surface area contributed by atoms with Crippen LogP contribution in [-0.4, -0.2) is 35.6 Å². The number of nitrogens with one attached hydrogen (secondary N) is 2. The van der Waals surface area contributed by atoms with Gasteiger partial charge in [0, 0.05) is 6.54 Å². The molecule has 0 aromatic heterocycles. The third kappa shape index (κ3) is 7.02. The van der Waals surface area contributed by atoms with Crippen molar-refractivity contribution in [2.45, 2.75) is 32.2 Å². The van der Waals surface area contributed by atoms with E-state index in [0.29, 0.717) is 6.54 Å². The first-order valence-electron chi connectivity index (χ1n) is 4.95. The summed E-state index contributed by atoms with van der Waals surface area (Å²) in [5, 5.41) is 13.1. The number of halogens is 1. The largest absolute Gasteiger partial charge is 0.465 e. The second-order valence-electron chi connectivity index (χ2n) is 3.15. The van der Waals surface area contributed by atoms with Gasteiger partial charge in [0.2, 0.25) is 5.91 Å². The highest BCUT2D eigenvalue weighted by atomic mass is 35.5. The molecule has 0 aliphatic heterocycles. The Labute approximate surface area is 94.2 Å². The number of carbonyl (C=O) groups is 2. The molecule has 0 bridgehead atoms. The predicted octanol–water partition coefficient (Wildman–Crippen LogP) is 1.17. The van der Waals surface area contributed by atoms with Gasteiger partial charge in [0.15, 0.2) is 0 Å². The summed E-state index contributed by atoms with van der Waals surface area (Å²) in [6.45, 7) is 2.62. The molecule has 0 aliphatic carbocycles. The first kappa shape index (κ1) is 14.0. The number of hydrogen-bond acceptors (Lipinski definition) is 2. The molecule has 15 heavy (non-hydrogen) atoms. The summed E-state index contributed by atoms with van der Waals surface area (Å²) < 4.78 is 0. The highest BCUT2D eigenvalue weighted by Crippen LogP contribution is 1.93. The van der Waals surface area contributed by atoms with Gasteiger partial charge in [0.05, 0.1) is 5.88 Å². The minimum absolute atomic E-state index is 0.0636. The normalized spacial score (nSPS) is 11.9. The maximum atomic E-state index is 11.4. The first-order valence-corrected chi connectivity index (χ1v) is 5.48. The van der Waals surface area contributed by atoms with Gasteiger partial charge < -0.3 is 15.7 Å². The zero-order valence-electron chi connectivity index (χ0n) is 8.75. The summed E-state index contributed by atoms with van der Waals surface area (Å²) in [4.78, 5) is 21.7. The molecule has 0 rings (SSSR count). The SMILES string of the molecule is CCCCCNC(=O)[C@H](CCl)NC(=O)O. The molecule has 0 unspecified atom stereocenters. The van der Waals surface area contributed by atoms with E-state index in [0.717, 1.165) is 19.3 Å². The topological polar surface area (TPSA) is 78.4 Å². The van der Waals surface area contributed by atoms with Gasteiger partial charge in [0.25, 0.3) is 0 Å². The fourth-order valence-corrected chi connectivity index (χ4v) is 1.25. The van der Waals surface area contributed by atoms with Crippen molar-refractivity contribution in [1.29, 1.82) is 0 Å². The number of amides is 2. The predicted molar refractivity (Wildman–Crippen MR) is 58.2 cm³/mol. The van der Waals surface area contributed by atoms with Gasteiger partial charge in [-0.05, 0) is 6.42 Å². The quantitative estimate of drug-likeness (QED) is 0.459. The van der Waals surface area contributed by atoms with Crippen LogP contribution in [0.2, 0.25) is 0 Å². The van der Waals surface area contributed by atoms with Gasteiger partial charge in [-0.2, -0.15) is 0 Å². The van der Waals surface area contributed by atoms with Gasteiger partial charge in [-0.15, -0.1) is 11.6 Å². The number of rotatable bonds is 7. The number of carbonyl (C=O) groups excluding carboxylic acids is 1. The highest BCUT2D eigenvalue weighted by Gasteiger charge is 2.18. The lowest BCUT2D eigenvalue weighted by Gasteiger charge is -2.13. The van der Waals surface area contributed by atoms with E-state index in [1.807, 2.05) is 5.32 Å². The maximum absolute atomic E-state index is 11.4. The van der Waals surface area contributed by atoms with Crippen LogP contribution in [0.15, 0.2) is 0 Å². The average Bonchev–Trinajstić information content (AvgIpc) is 2.20. The van der Waals surface area contributed by atoms with E-state index in [2.05, 4.69) is 12.2 Å². The van der Waals surface area contributed by atoms with Crippen molar-refractivity contribution in [2.24, 2.45) is 0 Å². The van der Waals surface area contributed by atoms with E-state index in [1.54, 1.807) is 0 Å². The minimum Gasteiger partial charge on any atom is -0.465 e. The molecule has 6 heteroatoms. The van der Waals surface area contributed by atoms with Crippen LogP contribution in [0.4, 0.5) is 4.79 Å². The van der Waals surface area contributed by atoms with Crippen LogP contribution in [0.25, 0.3) is 0 Å². The molecule has 88 valence electrons. The van der Waals surface area contributed by atoms with Crippen molar-refractivity contribution in [3.63, 3.8) is 0 Å². The Kier molecular flexibility index (Phi) is 7.81. The van der Waals surface area contributed by atoms with Crippen LogP contribution >= 0.6 is 11.6 Å². The van der Waals surface area contributed by atoms with E-state index < -0.39 is 12.1 Å². The van der Waals surface area contributed by atoms with E-state index >= 15 is 0 Å². The molecule has 0 spiro atoms. The van der Waals surface area contributed by atoms with E-state index in [-0.39, 0.29) is 11.8 Å². The smallest absolute Gasteiger partial charge is 0.405 e. The standard InChI is InChI=1S/C9H17ClN2O3/c1-2-3-4-5-11-8(13)7(6-10)12-9(14)15/h7,12H,2-6H2,1H3,(H,11,13)(H,14,15)/t7-/m0/s1. The third-order valence-corrected chi connectivity index (χ3v) is 2.16. The van der Waals surface area contributed by atoms with Gasteiger partial charge >= 0.3 is 6.09 Å². The van der Waals surface area contributed by atoms with Gasteiger partial charge in [-0.3, -0.25) is 4.79 Å². The van der Waals surface area contributed by atoms with Crippen LogP contribution in [0.3, 0.4) is 0 Å². The van der Waals surface area contributed by atoms with Crippen molar-refractivity contribution in [3.05, 3.63) is 0 Å². The summed E-state index contributed by atoms with van der Waals surface area (Å²) >= 11 is 5.46. The number of alkyl halides is 1. The molecule has 0 aliphatic rings. The summed E-state index contributed by atoms with van der Waals surface area (Å²) in [7, 11) is 0. The van der Waals surface area contributed by atoms with E-state index in [1.165, 1.54) is 0 Å². The van der Waals surface area contributed by atoms with Crippen molar-refractivity contribution < 1.29 is 14.7 Å². The molecule has 3 N–H and O–H groups in total. The average molecular weight is 237 g/mol. The maximum Gasteiger partial charge on any atom is 0.405 e. The molecule has 0 saturated carbocycles. The summed E-state index contributed by atoms with van der Waals surface area (Å²) in [6.07, 6.45) is 1.76.